The summed E-state index contributed by atoms with van der Waals surface area (Å²) >= 11 is 0. The molecule has 3 aromatic heterocycles. The first-order valence-corrected chi connectivity index (χ1v) is 11.0. The number of alkyl halides is 3. The number of carbonyl (C=O) groups excluding carboxylic acids is 1. The van der Waals surface area contributed by atoms with Crippen LogP contribution in [-0.2, 0) is 42.2 Å². The van der Waals surface area contributed by atoms with Crippen LogP contribution in [0.25, 0.3) is 11.3 Å². The molecule has 0 aromatic carbocycles. The van der Waals surface area contributed by atoms with E-state index in [0.717, 1.165) is 0 Å². The minimum absolute atomic E-state index is 0.0257. The Morgan fingerprint density at radius 1 is 1.29 bits per heavy atom. The highest BCUT2D eigenvalue weighted by Gasteiger charge is 2.46. The molecule has 1 aliphatic carbocycles. The molecule has 1 unspecified atom stereocenters. The maximum Gasteiger partial charge on any atom is 0.420 e. The number of furan rings is 1. The molecule has 34 heavy (non-hydrogen) atoms. The zero-order chi connectivity index (χ0) is 24.0. The van der Waals surface area contributed by atoms with E-state index in [0.29, 0.717) is 37.6 Å². The number of nitrogens with one attached hydrogen (secondary N) is 1. The minimum atomic E-state index is -4.81. The molecule has 0 bridgehead atoms. The summed E-state index contributed by atoms with van der Waals surface area (Å²) in [6.07, 6.45) is -1.39. The number of aryl methyl sites for hydroxylation is 1. The molecule has 1 N–H and O–H groups in total. The van der Waals surface area contributed by atoms with Crippen LogP contribution in [0.15, 0.2) is 22.9 Å². The molecule has 2 aliphatic rings. The molecule has 12 heteroatoms. The average Bonchev–Trinajstić information content (AvgIpc) is 3.49. The second-order valence-corrected chi connectivity index (χ2v) is 8.59. The molecule has 1 saturated heterocycles. The number of ether oxygens (including phenoxy) is 2. The van der Waals surface area contributed by atoms with Crippen molar-refractivity contribution in [3.05, 3.63) is 46.8 Å². The predicted octanol–water partition coefficient (Wildman–Crippen LogP) is 2.90. The third-order valence-corrected chi connectivity index (χ3v) is 5.99. The van der Waals surface area contributed by atoms with Crippen LogP contribution in [0.2, 0.25) is 0 Å². The van der Waals surface area contributed by atoms with Gasteiger partial charge in [-0.05, 0) is 12.0 Å². The fourth-order valence-corrected chi connectivity index (χ4v) is 4.44. The number of hydrogen-bond donors (Lipinski definition) is 1. The molecule has 2 atom stereocenters. The van der Waals surface area contributed by atoms with Crippen molar-refractivity contribution in [2.24, 2.45) is 7.05 Å². The average molecular weight is 479 g/mol. The van der Waals surface area contributed by atoms with Crippen LogP contribution >= 0.6 is 0 Å². The number of carbonyl (C=O) groups is 1. The van der Waals surface area contributed by atoms with E-state index in [1.807, 2.05) is 6.92 Å². The van der Waals surface area contributed by atoms with Crippen LogP contribution in [0.1, 0.15) is 46.0 Å². The van der Waals surface area contributed by atoms with E-state index in [1.165, 1.54) is 4.68 Å². The topological polar surface area (TPSA) is 96.3 Å². The lowest BCUT2D eigenvalue weighted by Crippen LogP contribution is -2.32. The molecule has 0 saturated carbocycles. The predicted molar refractivity (Wildman–Crippen MR) is 112 cm³/mol. The fourth-order valence-electron chi connectivity index (χ4n) is 4.44. The first kappa shape index (κ1) is 22.7. The molecule has 0 spiro atoms. The van der Waals surface area contributed by atoms with Crippen LogP contribution in [0.5, 0.6) is 0 Å². The van der Waals surface area contributed by atoms with Gasteiger partial charge in [-0.2, -0.15) is 23.4 Å². The summed E-state index contributed by atoms with van der Waals surface area (Å²) in [6.45, 7) is 3.59. The summed E-state index contributed by atoms with van der Waals surface area (Å²) in [7, 11) is 1.71. The molecule has 1 fully saturated rings. The third-order valence-electron chi connectivity index (χ3n) is 5.99. The molecule has 1 amide bonds. The largest absolute Gasteiger partial charge is 0.455 e. The Kier molecular flexibility index (Phi) is 5.72. The van der Waals surface area contributed by atoms with Crippen molar-refractivity contribution < 1.29 is 31.9 Å². The zero-order valence-electron chi connectivity index (χ0n) is 18.7. The number of hydrogen-bond acceptors (Lipinski definition) is 6. The number of halogens is 3. The van der Waals surface area contributed by atoms with Crippen molar-refractivity contribution >= 4 is 5.91 Å². The van der Waals surface area contributed by atoms with E-state index in [4.69, 9.17) is 13.9 Å². The standard InChI is InChI=1S/C22H24F3N5O4/c1-12-7-16-17(19-15(12)10-30(28-19)9-14-11-32-5-6-33-14)18(22(23,24)25)20(34-16)21(31)26-8-13-3-4-29(2)27-13/h3-4,10,12,14H,5-9,11H2,1-2H3,(H,26,31)/t12?,14-/m0/s1. The Morgan fingerprint density at radius 3 is 2.79 bits per heavy atom. The van der Waals surface area contributed by atoms with Crippen molar-refractivity contribution in [3.8, 4) is 11.3 Å². The van der Waals surface area contributed by atoms with Crippen molar-refractivity contribution in [1.29, 1.82) is 0 Å². The van der Waals surface area contributed by atoms with Gasteiger partial charge in [0.25, 0.3) is 5.91 Å². The van der Waals surface area contributed by atoms with Crippen LogP contribution in [0.3, 0.4) is 0 Å². The number of fused-ring (bicyclic) bond motifs is 3. The number of nitrogens with zero attached hydrogens (tertiary/aromatic N) is 4. The zero-order valence-corrected chi connectivity index (χ0v) is 18.7. The molecule has 0 radical (unpaired) electrons. The van der Waals surface area contributed by atoms with Crippen molar-refractivity contribution in [2.45, 2.75) is 44.6 Å². The van der Waals surface area contributed by atoms with E-state index >= 15 is 0 Å². The summed E-state index contributed by atoms with van der Waals surface area (Å²) in [5.74, 6) is -1.73. The van der Waals surface area contributed by atoms with Crippen LogP contribution < -0.4 is 5.32 Å². The summed E-state index contributed by atoms with van der Waals surface area (Å²) < 4.78 is 62.4. The monoisotopic (exact) mass is 479 g/mol. The summed E-state index contributed by atoms with van der Waals surface area (Å²) in [4.78, 5) is 12.8. The molecule has 3 aromatic rings. The number of aromatic nitrogens is 4. The first-order valence-electron chi connectivity index (χ1n) is 11.0. The van der Waals surface area contributed by atoms with Crippen LogP contribution in [0.4, 0.5) is 13.2 Å². The lowest BCUT2D eigenvalue weighted by atomic mass is 9.86. The van der Waals surface area contributed by atoms with E-state index in [2.05, 4.69) is 15.5 Å². The lowest BCUT2D eigenvalue weighted by molar-refractivity contribution is -0.137. The van der Waals surface area contributed by atoms with Gasteiger partial charge < -0.3 is 19.2 Å². The molecule has 182 valence electrons. The Labute approximate surface area is 192 Å². The molecule has 1 aliphatic heterocycles. The second kappa shape index (κ2) is 8.58. The van der Waals surface area contributed by atoms with Crippen molar-refractivity contribution in [3.63, 3.8) is 0 Å². The van der Waals surface area contributed by atoms with E-state index < -0.39 is 23.4 Å². The van der Waals surface area contributed by atoms with Gasteiger partial charge in [0.2, 0.25) is 5.76 Å². The number of rotatable bonds is 5. The Morgan fingerprint density at radius 2 is 2.12 bits per heavy atom. The van der Waals surface area contributed by atoms with E-state index in [9.17, 15) is 18.0 Å². The Bertz CT molecular complexity index is 1210. The summed E-state index contributed by atoms with van der Waals surface area (Å²) in [6, 6.07) is 1.67. The van der Waals surface area contributed by atoms with Crippen LogP contribution in [-0.4, -0.2) is 51.4 Å². The van der Waals surface area contributed by atoms with Gasteiger partial charge in [-0.25, -0.2) is 0 Å². The summed E-state index contributed by atoms with van der Waals surface area (Å²) in [5, 5.41) is 11.1. The molecule has 9 nitrogen and oxygen atoms in total. The first-order chi connectivity index (χ1) is 16.2. The van der Waals surface area contributed by atoms with Gasteiger partial charge in [0.1, 0.15) is 17.4 Å². The van der Waals surface area contributed by atoms with Gasteiger partial charge in [0.15, 0.2) is 0 Å². The van der Waals surface area contributed by atoms with Crippen molar-refractivity contribution in [1.82, 2.24) is 24.9 Å². The lowest BCUT2D eigenvalue weighted by Gasteiger charge is -2.22. The summed E-state index contributed by atoms with van der Waals surface area (Å²) in [5.41, 5.74) is 0.116. The van der Waals surface area contributed by atoms with Gasteiger partial charge in [-0.3, -0.25) is 14.2 Å². The highest BCUT2D eigenvalue weighted by molar-refractivity contribution is 5.96. The van der Waals surface area contributed by atoms with Crippen molar-refractivity contribution in [2.75, 3.05) is 19.8 Å². The molecular formula is C22H24F3N5O4. The second-order valence-electron chi connectivity index (χ2n) is 8.59. The Hall–Kier alpha value is -3.12. The smallest absolute Gasteiger partial charge is 0.420 e. The van der Waals surface area contributed by atoms with Gasteiger partial charge >= 0.3 is 6.18 Å². The minimum Gasteiger partial charge on any atom is -0.455 e. The molecule has 4 heterocycles. The van der Waals surface area contributed by atoms with Gasteiger partial charge in [-0.1, -0.05) is 6.92 Å². The normalized spacial score (nSPS) is 20.1. The SMILES string of the molecule is CC1Cc2oc(C(=O)NCc3ccn(C)n3)c(C(F)(F)F)c2-c2nn(C[C@H]3COCCO3)cc21. The Balaban J connectivity index is 1.49. The quantitative estimate of drug-likeness (QED) is 0.605. The molecule has 5 rings (SSSR count). The molecular weight excluding hydrogens is 455 g/mol. The maximum atomic E-state index is 14.2. The highest BCUT2D eigenvalue weighted by atomic mass is 19.4. The van der Waals surface area contributed by atoms with Crippen LogP contribution in [0, 0.1) is 0 Å². The van der Waals surface area contributed by atoms with E-state index in [-0.39, 0.29) is 42.0 Å². The highest BCUT2D eigenvalue weighted by Crippen LogP contribution is 2.48. The number of amides is 1. The van der Waals surface area contributed by atoms with E-state index in [1.54, 1.807) is 30.2 Å². The van der Waals surface area contributed by atoms with Gasteiger partial charge in [0, 0.05) is 31.4 Å². The fraction of sp³-hybridized carbons (Fsp3) is 0.500. The third kappa shape index (κ3) is 4.23. The van der Waals surface area contributed by atoms with Gasteiger partial charge in [0.05, 0.1) is 49.9 Å². The maximum absolute atomic E-state index is 14.2. The van der Waals surface area contributed by atoms with Gasteiger partial charge in [-0.15, -0.1) is 0 Å².